The van der Waals surface area contributed by atoms with E-state index >= 15 is 0 Å². The van der Waals surface area contributed by atoms with E-state index < -0.39 is 0 Å². The lowest BCUT2D eigenvalue weighted by Gasteiger charge is -2.26. The van der Waals surface area contributed by atoms with Crippen LogP contribution in [0.3, 0.4) is 0 Å². The summed E-state index contributed by atoms with van der Waals surface area (Å²) >= 11 is 6.00. The van der Waals surface area contributed by atoms with E-state index in [1.807, 2.05) is 4.90 Å². The minimum atomic E-state index is 0.117. The Morgan fingerprint density at radius 1 is 1.32 bits per heavy atom. The Balaban J connectivity index is 1.81. The molecule has 2 rings (SSSR count). The van der Waals surface area contributed by atoms with Gasteiger partial charge in [0.25, 0.3) is 0 Å². The summed E-state index contributed by atoms with van der Waals surface area (Å²) in [5.41, 5.74) is 0.635. The van der Waals surface area contributed by atoms with Gasteiger partial charge in [-0.05, 0) is 31.4 Å². The number of nitrogens with zero attached hydrogens (tertiary/aromatic N) is 1. The predicted molar refractivity (Wildman–Crippen MR) is 75.3 cm³/mol. The van der Waals surface area contributed by atoms with Gasteiger partial charge in [0.05, 0.1) is 6.54 Å². The molecule has 0 atom stereocenters. The highest BCUT2D eigenvalue weighted by Gasteiger charge is 2.16. The summed E-state index contributed by atoms with van der Waals surface area (Å²) in [5.74, 6) is 0.275. The summed E-state index contributed by atoms with van der Waals surface area (Å²) in [7, 11) is 0. The standard InChI is InChI=1S/C14H19ClN2O2/c15-12-5-4-6-13(18)11(12)9-16-10-14(19)17-7-2-1-3-8-17/h4-6,16,18H,1-3,7-10H2. The fourth-order valence-corrected chi connectivity index (χ4v) is 2.51. The van der Waals surface area contributed by atoms with Crippen LogP contribution in [-0.4, -0.2) is 35.5 Å². The van der Waals surface area contributed by atoms with E-state index in [0.717, 1.165) is 25.9 Å². The predicted octanol–water partition coefficient (Wildman–Crippen LogP) is 2.15. The molecule has 0 radical (unpaired) electrons. The van der Waals surface area contributed by atoms with Gasteiger partial charge in [0.1, 0.15) is 5.75 Å². The number of hydrogen-bond donors (Lipinski definition) is 2. The minimum absolute atomic E-state index is 0.117. The molecule has 1 saturated heterocycles. The van der Waals surface area contributed by atoms with Crippen molar-refractivity contribution in [3.05, 3.63) is 28.8 Å². The van der Waals surface area contributed by atoms with Gasteiger partial charge < -0.3 is 15.3 Å². The van der Waals surface area contributed by atoms with E-state index in [4.69, 9.17) is 11.6 Å². The monoisotopic (exact) mass is 282 g/mol. The Hall–Kier alpha value is -1.26. The highest BCUT2D eigenvalue weighted by molar-refractivity contribution is 6.31. The first kappa shape index (κ1) is 14.2. The second-order valence-electron chi connectivity index (χ2n) is 4.78. The number of benzene rings is 1. The molecular formula is C14H19ClN2O2. The summed E-state index contributed by atoms with van der Waals surface area (Å²) in [6.07, 6.45) is 3.40. The second-order valence-corrected chi connectivity index (χ2v) is 5.19. The Morgan fingerprint density at radius 2 is 2.05 bits per heavy atom. The zero-order chi connectivity index (χ0) is 13.7. The van der Waals surface area contributed by atoms with E-state index in [2.05, 4.69) is 5.32 Å². The van der Waals surface area contributed by atoms with E-state index in [0.29, 0.717) is 17.1 Å². The third-order valence-corrected chi connectivity index (χ3v) is 3.74. The van der Waals surface area contributed by atoms with Crippen molar-refractivity contribution < 1.29 is 9.90 Å². The van der Waals surface area contributed by atoms with Crippen LogP contribution in [0.25, 0.3) is 0 Å². The molecule has 1 aliphatic heterocycles. The summed E-state index contributed by atoms with van der Waals surface area (Å²) in [6, 6.07) is 5.01. The number of likely N-dealkylation sites (tertiary alicyclic amines) is 1. The van der Waals surface area contributed by atoms with Crippen LogP contribution in [0.5, 0.6) is 5.75 Å². The highest BCUT2D eigenvalue weighted by atomic mass is 35.5. The Bertz CT molecular complexity index is 425. The molecule has 1 aromatic rings. The lowest BCUT2D eigenvalue weighted by Crippen LogP contribution is -2.40. The summed E-state index contributed by atoms with van der Waals surface area (Å²) in [4.78, 5) is 13.8. The molecule has 4 nitrogen and oxygen atoms in total. The average Bonchev–Trinajstić information content (AvgIpc) is 2.43. The van der Waals surface area contributed by atoms with Crippen LogP contribution >= 0.6 is 11.6 Å². The maximum Gasteiger partial charge on any atom is 0.236 e. The van der Waals surface area contributed by atoms with Crippen LogP contribution in [-0.2, 0) is 11.3 Å². The van der Waals surface area contributed by atoms with Crippen molar-refractivity contribution in [3.63, 3.8) is 0 Å². The maximum absolute atomic E-state index is 11.9. The molecule has 0 unspecified atom stereocenters. The van der Waals surface area contributed by atoms with Gasteiger partial charge in [-0.3, -0.25) is 4.79 Å². The normalized spacial score (nSPS) is 15.5. The van der Waals surface area contributed by atoms with Crippen LogP contribution in [0.15, 0.2) is 18.2 Å². The molecule has 2 N–H and O–H groups in total. The first-order valence-corrected chi connectivity index (χ1v) is 7.01. The molecular weight excluding hydrogens is 264 g/mol. The van der Waals surface area contributed by atoms with E-state index in [1.165, 1.54) is 6.42 Å². The third-order valence-electron chi connectivity index (χ3n) is 3.38. The fraction of sp³-hybridized carbons (Fsp3) is 0.500. The van der Waals surface area contributed by atoms with E-state index in [1.54, 1.807) is 18.2 Å². The van der Waals surface area contributed by atoms with E-state index in [9.17, 15) is 9.90 Å². The molecule has 0 spiro atoms. The molecule has 1 amide bonds. The summed E-state index contributed by atoms with van der Waals surface area (Å²) < 4.78 is 0. The number of rotatable bonds is 4. The Labute approximate surface area is 118 Å². The van der Waals surface area contributed by atoms with Gasteiger partial charge in [0.2, 0.25) is 5.91 Å². The molecule has 1 aliphatic rings. The second kappa shape index (κ2) is 6.78. The zero-order valence-electron chi connectivity index (χ0n) is 10.9. The third kappa shape index (κ3) is 3.85. The van der Waals surface area contributed by atoms with Gasteiger partial charge >= 0.3 is 0 Å². The average molecular weight is 283 g/mol. The van der Waals surface area contributed by atoms with Crippen molar-refractivity contribution in [2.45, 2.75) is 25.8 Å². The topological polar surface area (TPSA) is 52.6 Å². The quantitative estimate of drug-likeness (QED) is 0.890. The summed E-state index contributed by atoms with van der Waals surface area (Å²) in [6.45, 7) is 2.39. The minimum Gasteiger partial charge on any atom is -0.508 e. The number of nitrogens with one attached hydrogen (secondary N) is 1. The molecule has 19 heavy (non-hydrogen) atoms. The van der Waals surface area contributed by atoms with Gasteiger partial charge in [-0.15, -0.1) is 0 Å². The number of carbonyl (C=O) groups is 1. The lowest BCUT2D eigenvalue weighted by molar-refractivity contribution is -0.131. The first-order chi connectivity index (χ1) is 9.18. The number of amides is 1. The van der Waals surface area contributed by atoms with Gasteiger partial charge in [0, 0.05) is 30.2 Å². The number of phenols is 1. The van der Waals surface area contributed by atoms with Crippen molar-refractivity contribution in [2.75, 3.05) is 19.6 Å². The summed E-state index contributed by atoms with van der Waals surface area (Å²) in [5, 5.41) is 13.2. The Morgan fingerprint density at radius 3 is 2.74 bits per heavy atom. The number of carbonyl (C=O) groups excluding carboxylic acids is 1. The van der Waals surface area contributed by atoms with Crippen LogP contribution < -0.4 is 5.32 Å². The van der Waals surface area contributed by atoms with E-state index in [-0.39, 0.29) is 18.2 Å². The molecule has 0 bridgehead atoms. The molecule has 0 aromatic heterocycles. The molecule has 0 saturated carbocycles. The van der Waals surface area contributed by atoms with Crippen LogP contribution in [0.4, 0.5) is 0 Å². The number of piperidine rings is 1. The molecule has 104 valence electrons. The number of hydrogen-bond acceptors (Lipinski definition) is 3. The number of aromatic hydroxyl groups is 1. The molecule has 0 aliphatic carbocycles. The highest BCUT2D eigenvalue weighted by Crippen LogP contribution is 2.24. The molecule has 1 aromatic carbocycles. The smallest absolute Gasteiger partial charge is 0.236 e. The van der Waals surface area contributed by atoms with Crippen molar-refractivity contribution in [3.8, 4) is 5.75 Å². The van der Waals surface area contributed by atoms with Crippen LogP contribution in [0, 0.1) is 0 Å². The maximum atomic E-state index is 11.9. The SMILES string of the molecule is O=C(CNCc1c(O)cccc1Cl)N1CCCCC1. The number of phenolic OH excluding ortho intramolecular Hbond substituents is 1. The van der Waals surface area contributed by atoms with Crippen molar-refractivity contribution in [1.29, 1.82) is 0 Å². The van der Waals surface area contributed by atoms with Crippen molar-refractivity contribution in [2.24, 2.45) is 0 Å². The Kier molecular flexibility index (Phi) is 5.05. The zero-order valence-corrected chi connectivity index (χ0v) is 11.6. The van der Waals surface area contributed by atoms with Crippen LogP contribution in [0.1, 0.15) is 24.8 Å². The van der Waals surface area contributed by atoms with Crippen LogP contribution in [0.2, 0.25) is 5.02 Å². The number of halogens is 1. The van der Waals surface area contributed by atoms with Gasteiger partial charge in [-0.25, -0.2) is 0 Å². The fourth-order valence-electron chi connectivity index (χ4n) is 2.27. The molecule has 1 fully saturated rings. The molecule has 5 heteroatoms. The van der Waals surface area contributed by atoms with Gasteiger partial charge in [0.15, 0.2) is 0 Å². The first-order valence-electron chi connectivity index (χ1n) is 6.63. The van der Waals surface area contributed by atoms with Crippen molar-refractivity contribution >= 4 is 17.5 Å². The van der Waals surface area contributed by atoms with Gasteiger partial charge in [-0.1, -0.05) is 17.7 Å². The lowest BCUT2D eigenvalue weighted by atomic mass is 10.1. The van der Waals surface area contributed by atoms with Crippen molar-refractivity contribution in [1.82, 2.24) is 10.2 Å². The molecule has 1 heterocycles. The largest absolute Gasteiger partial charge is 0.508 e. The van der Waals surface area contributed by atoms with Gasteiger partial charge in [-0.2, -0.15) is 0 Å².